The number of hydrogen-bond donors (Lipinski definition) is 2. The van der Waals surface area contributed by atoms with Crippen molar-refractivity contribution in [2.75, 3.05) is 13.2 Å². The van der Waals surface area contributed by atoms with E-state index in [1.165, 1.54) is 0 Å². The van der Waals surface area contributed by atoms with E-state index >= 15 is 0 Å². The van der Waals surface area contributed by atoms with Gasteiger partial charge < -0.3 is 14.8 Å². The SMILES string of the molecule is CCCNCc1ccc(CSC(C)CO)o1. The number of thioether (sulfide) groups is 1. The number of rotatable bonds is 8. The third kappa shape index (κ3) is 5.05. The molecule has 16 heavy (non-hydrogen) atoms. The van der Waals surface area contributed by atoms with Gasteiger partial charge in [-0.1, -0.05) is 13.8 Å². The molecule has 0 spiro atoms. The summed E-state index contributed by atoms with van der Waals surface area (Å²) in [7, 11) is 0. The second-order valence-corrected chi connectivity index (χ2v) is 5.28. The molecule has 0 aliphatic heterocycles. The molecule has 1 unspecified atom stereocenters. The second-order valence-electron chi connectivity index (χ2n) is 3.85. The maximum atomic E-state index is 8.90. The van der Waals surface area contributed by atoms with E-state index in [1.807, 2.05) is 19.1 Å². The first-order chi connectivity index (χ1) is 7.76. The fraction of sp³-hybridized carbons (Fsp3) is 0.667. The molecule has 1 rings (SSSR count). The van der Waals surface area contributed by atoms with Crippen molar-refractivity contribution in [3.63, 3.8) is 0 Å². The Kier molecular flexibility index (Phi) is 6.61. The number of furan rings is 1. The zero-order valence-corrected chi connectivity index (χ0v) is 10.8. The summed E-state index contributed by atoms with van der Waals surface area (Å²) in [5, 5.41) is 12.5. The van der Waals surface area contributed by atoms with Crippen molar-refractivity contribution in [1.82, 2.24) is 5.32 Å². The third-order valence-electron chi connectivity index (χ3n) is 2.21. The molecule has 0 aromatic carbocycles. The molecule has 92 valence electrons. The highest BCUT2D eigenvalue weighted by atomic mass is 32.2. The average Bonchev–Trinajstić information content (AvgIpc) is 2.74. The molecular formula is C12H21NO2S. The fourth-order valence-electron chi connectivity index (χ4n) is 1.26. The second kappa shape index (κ2) is 7.76. The number of aliphatic hydroxyl groups is 1. The highest BCUT2D eigenvalue weighted by Crippen LogP contribution is 2.19. The summed E-state index contributed by atoms with van der Waals surface area (Å²) in [6.45, 7) is 6.20. The molecule has 0 saturated carbocycles. The van der Waals surface area contributed by atoms with Crippen molar-refractivity contribution in [2.45, 2.75) is 37.8 Å². The van der Waals surface area contributed by atoms with Gasteiger partial charge >= 0.3 is 0 Å². The van der Waals surface area contributed by atoms with Gasteiger partial charge in [0.15, 0.2) is 0 Å². The minimum Gasteiger partial charge on any atom is -0.464 e. The molecule has 1 aromatic rings. The molecule has 1 heterocycles. The highest BCUT2D eigenvalue weighted by molar-refractivity contribution is 7.99. The Morgan fingerprint density at radius 1 is 1.44 bits per heavy atom. The molecule has 1 atom stereocenters. The van der Waals surface area contributed by atoms with E-state index < -0.39 is 0 Å². The summed E-state index contributed by atoms with van der Waals surface area (Å²) < 4.78 is 5.66. The number of nitrogens with one attached hydrogen (secondary N) is 1. The average molecular weight is 243 g/mol. The molecule has 0 amide bonds. The van der Waals surface area contributed by atoms with Gasteiger partial charge in [-0.25, -0.2) is 0 Å². The van der Waals surface area contributed by atoms with Crippen molar-refractivity contribution in [3.05, 3.63) is 23.7 Å². The molecule has 0 radical (unpaired) electrons. The van der Waals surface area contributed by atoms with Crippen LogP contribution in [0.3, 0.4) is 0 Å². The van der Waals surface area contributed by atoms with E-state index in [1.54, 1.807) is 11.8 Å². The standard InChI is InChI=1S/C12H21NO2S/c1-3-6-13-7-11-4-5-12(15-11)9-16-10(2)8-14/h4-5,10,13-14H,3,6-9H2,1-2H3. The van der Waals surface area contributed by atoms with Crippen LogP contribution in [0.2, 0.25) is 0 Å². The fourth-order valence-corrected chi connectivity index (χ4v) is 1.97. The Morgan fingerprint density at radius 2 is 2.19 bits per heavy atom. The van der Waals surface area contributed by atoms with Gasteiger partial charge in [-0.05, 0) is 25.1 Å². The van der Waals surface area contributed by atoms with Gasteiger partial charge in [-0.2, -0.15) is 0 Å². The summed E-state index contributed by atoms with van der Waals surface area (Å²) >= 11 is 1.71. The van der Waals surface area contributed by atoms with Crippen molar-refractivity contribution >= 4 is 11.8 Å². The summed E-state index contributed by atoms with van der Waals surface area (Å²) in [5.41, 5.74) is 0. The Morgan fingerprint density at radius 3 is 2.88 bits per heavy atom. The van der Waals surface area contributed by atoms with Gasteiger partial charge in [0, 0.05) is 5.25 Å². The normalized spacial score (nSPS) is 12.9. The predicted molar refractivity (Wildman–Crippen MR) is 68.5 cm³/mol. The number of hydrogen-bond acceptors (Lipinski definition) is 4. The van der Waals surface area contributed by atoms with Crippen molar-refractivity contribution < 1.29 is 9.52 Å². The van der Waals surface area contributed by atoms with E-state index in [-0.39, 0.29) is 11.9 Å². The van der Waals surface area contributed by atoms with E-state index in [0.29, 0.717) is 0 Å². The van der Waals surface area contributed by atoms with E-state index in [2.05, 4.69) is 12.2 Å². The summed E-state index contributed by atoms with van der Waals surface area (Å²) in [5.74, 6) is 2.80. The summed E-state index contributed by atoms with van der Waals surface area (Å²) in [6.07, 6.45) is 1.14. The molecule has 0 bridgehead atoms. The summed E-state index contributed by atoms with van der Waals surface area (Å²) in [4.78, 5) is 0. The van der Waals surface area contributed by atoms with E-state index in [0.717, 1.165) is 36.8 Å². The van der Waals surface area contributed by atoms with Crippen LogP contribution in [0.1, 0.15) is 31.8 Å². The maximum absolute atomic E-state index is 8.90. The van der Waals surface area contributed by atoms with Gasteiger partial charge in [0.05, 0.1) is 18.9 Å². The first-order valence-corrected chi connectivity index (χ1v) is 6.82. The zero-order valence-electron chi connectivity index (χ0n) is 10.0. The lowest BCUT2D eigenvalue weighted by Crippen LogP contribution is -2.13. The molecule has 4 heteroatoms. The van der Waals surface area contributed by atoms with Gasteiger partial charge in [0.25, 0.3) is 0 Å². The van der Waals surface area contributed by atoms with Crippen LogP contribution in [0, 0.1) is 0 Å². The van der Waals surface area contributed by atoms with Crippen molar-refractivity contribution in [3.8, 4) is 0 Å². The Bertz CT molecular complexity index is 288. The van der Waals surface area contributed by atoms with Crippen LogP contribution in [0.25, 0.3) is 0 Å². The van der Waals surface area contributed by atoms with Crippen molar-refractivity contribution in [2.24, 2.45) is 0 Å². The molecule has 2 N–H and O–H groups in total. The molecule has 3 nitrogen and oxygen atoms in total. The van der Waals surface area contributed by atoms with Crippen LogP contribution in [0.15, 0.2) is 16.5 Å². The number of aliphatic hydroxyl groups excluding tert-OH is 1. The van der Waals surface area contributed by atoms with Crippen LogP contribution in [0.5, 0.6) is 0 Å². The van der Waals surface area contributed by atoms with Gasteiger partial charge in [-0.3, -0.25) is 0 Å². The molecule has 0 aliphatic carbocycles. The van der Waals surface area contributed by atoms with Gasteiger partial charge in [0.1, 0.15) is 11.5 Å². The van der Waals surface area contributed by atoms with Crippen LogP contribution in [0.4, 0.5) is 0 Å². The van der Waals surface area contributed by atoms with Gasteiger partial charge in [0.2, 0.25) is 0 Å². The molecule has 0 fully saturated rings. The first kappa shape index (κ1) is 13.6. The summed E-state index contributed by atoms with van der Waals surface area (Å²) in [6, 6.07) is 4.03. The predicted octanol–water partition coefficient (Wildman–Crippen LogP) is 2.39. The van der Waals surface area contributed by atoms with Gasteiger partial charge in [-0.15, -0.1) is 11.8 Å². The zero-order chi connectivity index (χ0) is 11.8. The third-order valence-corrected chi connectivity index (χ3v) is 3.38. The molecule has 1 aromatic heterocycles. The van der Waals surface area contributed by atoms with Crippen LogP contribution < -0.4 is 5.32 Å². The first-order valence-electron chi connectivity index (χ1n) is 5.77. The Balaban J connectivity index is 2.28. The molecule has 0 aliphatic rings. The topological polar surface area (TPSA) is 45.4 Å². The molecular weight excluding hydrogens is 222 g/mol. The maximum Gasteiger partial charge on any atom is 0.117 e. The van der Waals surface area contributed by atoms with Crippen LogP contribution in [-0.4, -0.2) is 23.5 Å². The lowest BCUT2D eigenvalue weighted by molar-refractivity contribution is 0.300. The van der Waals surface area contributed by atoms with E-state index in [9.17, 15) is 0 Å². The highest BCUT2D eigenvalue weighted by Gasteiger charge is 2.05. The smallest absolute Gasteiger partial charge is 0.117 e. The van der Waals surface area contributed by atoms with Crippen molar-refractivity contribution in [1.29, 1.82) is 0 Å². The lowest BCUT2D eigenvalue weighted by Gasteiger charge is -2.05. The van der Waals surface area contributed by atoms with Crippen LogP contribution >= 0.6 is 11.8 Å². The quantitative estimate of drug-likeness (QED) is 0.688. The Hall–Kier alpha value is -0.450. The lowest BCUT2D eigenvalue weighted by atomic mass is 10.4. The minimum absolute atomic E-state index is 0.219. The largest absolute Gasteiger partial charge is 0.464 e. The monoisotopic (exact) mass is 243 g/mol. The Labute approximate surface area is 102 Å². The molecule has 0 saturated heterocycles. The minimum atomic E-state index is 0.219. The van der Waals surface area contributed by atoms with E-state index in [4.69, 9.17) is 9.52 Å². The van der Waals surface area contributed by atoms with Crippen LogP contribution in [-0.2, 0) is 12.3 Å².